The van der Waals surface area contributed by atoms with Gasteiger partial charge in [0.15, 0.2) is 0 Å². The third kappa shape index (κ3) is 23.6. The zero-order chi connectivity index (χ0) is 35.9. The van der Waals surface area contributed by atoms with Crippen LogP contribution >= 0.6 is 0 Å². The van der Waals surface area contributed by atoms with Crippen LogP contribution in [0.4, 0.5) is 4.79 Å². The fourth-order valence-electron chi connectivity index (χ4n) is 4.93. The van der Waals surface area contributed by atoms with Crippen LogP contribution in [0.1, 0.15) is 47.1 Å². The summed E-state index contributed by atoms with van der Waals surface area (Å²) >= 11 is 0. The average Bonchev–Trinajstić information content (AvgIpc) is 3.07. The minimum atomic E-state index is -0.919. The molecule has 0 aromatic heterocycles. The molecule has 3 saturated heterocycles. The van der Waals surface area contributed by atoms with Crippen molar-refractivity contribution in [1.82, 2.24) is 14.7 Å². The number of rotatable bonds is 14. The number of hydrogen-bond acceptors (Lipinski definition) is 13. The van der Waals surface area contributed by atoms with Crippen molar-refractivity contribution in [2.24, 2.45) is 11.8 Å². The molecule has 3 aliphatic rings. The standard InChI is InChI=1S/C17H23NO4.C11H19NO5.C6H11NO3.2CH4/c19-16(13-18-8-10-22-11-9-18)12-15(17(20)21)7-6-14-4-2-1-3-5-14;1-9(2)8-16-11(14)17-10(13)7-12-3-5-15-6-4-12;8-6(9)5-7-1-3-10-4-2-7;;/h1-5,15H,6-13H2,(H,20,21);9H,3-8H2,1-2H3;1-5H2,(H,8,9);2*1H4/t15-;;;;/m1..../s1. The number of aryl methyl sites for hydroxylation is 1. The van der Waals surface area contributed by atoms with Crippen LogP contribution in [0.5, 0.6) is 0 Å². The number of aliphatic carboxylic acids is 2. The Bertz CT molecular complexity index is 1120. The molecule has 3 heterocycles. The Balaban J connectivity index is 0.000000769. The number of carboxylic acid groups (broad SMARTS) is 2. The molecule has 3 fully saturated rings. The first-order valence-corrected chi connectivity index (χ1v) is 16.8. The lowest BCUT2D eigenvalue weighted by Crippen LogP contribution is -2.40. The van der Waals surface area contributed by atoms with Gasteiger partial charge in [-0.05, 0) is 24.3 Å². The van der Waals surface area contributed by atoms with Crippen LogP contribution in [0.15, 0.2) is 30.3 Å². The van der Waals surface area contributed by atoms with E-state index in [2.05, 4.69) is 4.74 Å². The summed E-state index contributed by atoms with van der Waals surface area (Å²) in [6.07, 6.45) is 0.369. The SMILES string of the molecule is C.C.CC(C)COC(=O)OC(=O)CN1CCOCC1.O=C(C[C@@H](CCc1ccccc1)C(=O)O)CN1CCOCC1.O=C(O)CN1CCOCC1. The maximum atomic E-state index is 12.1. The first-order chi connectivity index (χ1) is 23.5. The van der Waals surface area contributed by atoms with E-state index < -0.39 is 30.0 Å². The number of ketones is 1. The van der Waals surface area contributed by atoms with E-state index in [0.29, 0.717) is 72.1 Å². The molecule has 1 aromatic rings. The summed E-state index contributed by atoms with van der Waals surface area (Å²) in [5, 5.41) is 17.7. The molecule has 3 aliphatic heterocycles. The Hall–Kier alpha value is -3.47. The fraction of sp³-hybridized carbons (Fsp3) is 0.694. The zero-order valence-electron chi connectivity index (χ0n) is 28.8. The van der Waals surface area contributed by atoms with Gasteiger partial charge in [0.25, 0.3) is 0 Å². The maximum absolute atomic E-state index is 12.1. The molecule has 15 nitrogen and oxygen atoms in total. The van der Waals surface area contributed by atoms with E-state index in [1.54, 1.807) is 0 Å². The predicted molar refractivity (Wildman–Crippen MR) is 191 cm³/mol. The Morgan fingerprint density at radius 1 is 0.725 bits per heavy atom. The Morgan fingerprint density at radius 3 is 1.65 bits per heavy atom. The lowest BCUT2D eigenvalue weighted by atomic mass is 9.94. The number of esters is 1. The van der Waals surface area contributed by atoms with Crippen molar-refractivity contribution in [3.05, 3.63) is 35.9 Å². The van der Waals surface area contributed by atoms with E-state index in [1.165, 1.54) is 0 Å². The monoisotopic (exact) mass is 727 g/mol. The van der Waals surface area contributed by atoms with Gasteiger partial charge in [-0.3, -0.25) is 33.9 Å². The number of carbonyl (C=O) groups is 5. The molecule has 0 bridgehead atoms. The summed E-state index contributed by atoms with van der Waals surface area (Å²) in [4.78, 5) is 61.9. The molecule has 2 N–H and O–H groups in total. The summed E-state index contributed by atoms with van der Waals surface area (Å²) < 4.78 is 24.7. The molecule has 0 saturated carbocycles. The van der Waals surface area contributed by atoms with Gasteiger partial charge in [-0.2, -0.15) is 0 Å². The number of ether oxygens (including phenoxy) is 5. The number of carbonyl (C=O) groups excluding carboxylic acids is 3. The van der Waals surface area contributed by atoms with Crippen LogP contribution in [0.3, 0.4) is 0 Å². The van der Waals surface area contributed by atoms with Gasteiger partial charge >= 0.3 is 24.1 Å². The van der Waals surface area contributed by atoms with Gasteiger partial charge in [-0.1, -0.05) is 59.0 Å². The van der Waals surface area contributed by atoms with Gasteiger partial charge in [0.2, 0.25) is 0 Å². The molecule has 0 aliphatic carbocycles. The Kier molecular flexibility index (Phi) is 26.2. The van der Waals surface area contributed by atoms with Gasteiger partial charge in [0.05, 0.1) is 71.8 Å². The van der Waals surface area contributed by atoms with E-state index in [1.807, 2.05) is 58.9 Å². The summed E-state index contributed by atoms with van der Waals surface area (Å²) in [5.74, 6) is -2.61. The van der Waals surface area contributed by atoms with Crippen LogP contribution in [-0.4, -0.2) is 160 Å². The predicted octanol–water partition coefficient (Wildman–Crippen LogP) is 2.94. The maximum Gasteiger partial charge on any atom is 0.516 e. The second kappa shape index (κ2) is 28.2. The number of hydrogen-bond donors (Lipinski definition) is 2. The highest BCUT2D eigenvalue weighted by atomic mass is 16.7. The van der Waals surface area contributed by atoms with Gasteiger partial charge in [-0.25, -0.2) is 4.79 Å². The lowest BCUT2D eigenvalue weighted by Gasteiger charge is -2.26. The normalized spacial score (nSPS) is 17.1. The molecule has 0 spiro atoms. The third-order valence-electron chi connectivity index (χ3n) is 7.60. The average molecular weight is 728 g/mol. The van der Waals surface area contributed by atoms with Crippen LogP contribution < -0.4 is 0 Å². The van der Waals surface area contributed by atoms with Crippen molar-refractivity contribution in [1.29, 1.82) is 0 Å². The van der Waals surface area contributed by atoms with Gasteiger partial charge < -0.3 is 33.9 Å². The minimum Gasteiger partial charge on any atom is -0.481 e. The summed E-state index contributed by atoms with van der Waals surface area (Å²) in [5.41, 5.74) is 1.11. The number of carboxylic acids is 2. The van der Waals surface area contributed by atoms with Crippen molar-refractivity contribution in [3.8, 4) is 0 Å². The molecular formula is C36H61N3O12. The molecule has 0 unspecified atom stereocenters. The Labute approximate surface area is 303 Å². The van der Waals surface area contributed by atoms with E-state index in [-0.39, 0.29) is 52.7 Å². The minimum absolute atomic E-state index is 0. The highest BCUT2D eigenvalue weighted by Gasteiger charge is 2.23. The topological polar surface area (TPSA) is 182 Å². The van der Waals surface area contributed by atoms with Crippen molar-refractivity contribution in [2.75, 3.05) is 105 Å². The van der Waals surface area contributed by atoms with E-state index >= 15 is 0 Å². The van der Waals surface area contributed by atoms with Crippen LogP contribution in [0.2, 0.25) is 0 Å². The van der Waals surface area contributed by atoms with E-state index in [0.717, 1.165) is 31.7 Å². The fourth-order valence-corrected chi connectivity index (χ4v) is 4.93. The number of benzene rings is 1. The van der Waals surface area contributed by atoms with Crippen LogP contribution in [-0.2, 0) is 49.3 Å². The number of nitrogens with zero attached hydrogens (tertiary/aromatic N) is 3. The highest BCUT2D eigenvalue weighted by Crippen LogP contribution is 2.15. The van der Waals surface area contributed by atoms with Gasteiger partial charge in [-0.15, -0.1) is 0 Å². The molecular weight excluding hydrogens is 666 g/mol. The Morgan fingerprint density at radius 2 is 1.20 bits per heavy atom. The summed E-state index contributed by atoms with van der Waals surface area (Å²) in [7, 11) is 0. The lowest BCUT2D eigenvalue weighted by molar-refractivity contribution is -0.144. The number of Topliss-reactive ketones (excluding diaryl/α,β-unsaturated/α-hetero) is 1. The first kappa shape index (κ1) is 47.5. The second-order valence-electron chi connectivity index (χ2n) is 12.3. The van der Waals surface area contributed by atoms with E-state index in [9.17, 15) is 29.1 Å². The highest BCUT2D eigenvalue weighted by molar-refractivity contribution is 5.85. The largest absolute Gasteiger partial charge is 0.516 e. The summed E-state index contributed by atoms with van der Waals surface area (Å²) in [6.45, 7) is 12.8. The molecule has 0 radical (unpaired) electrons. The molecule has 1 aromatic carbocycles. The molecule has 51 heavy (non-hydrogen) atoms. The molecule has 15 heteroatoms. The third-order valence-corrected chi connectivity index (χ3v) is 7.60. The smallest absolute Gasteiger partial charge is 0.481 e. The molecule has 4 rings (SSSR count). The molecule has 1 atom stereocenters. The van der Waals surface area contributed by atoms with Crippen molar-refractivity contribution >= 4 is 29.8 Å². The van der Waals surface area contributed by atoms with Crippen LogP contribution in [0, 0.1) is 11.8 Å². The molecule has 292 valence electrons. The summed E-state index contributed by atoms with van der Waals surface area (Å²) in [6, 6.07) is 9.77. The van der Waals surface area contributed by atoms with Crippen LogP contribution in [0.25, 0.3) is 0 Å². The molecule has 0 amide bonds. The van der Waals surface area contributed by atoms with Crippen molar-refractivity contribution < 1.29 is 57.9 Å². The van der Waals surface area contributed by atoms with Gasteiger partial charge in [0.1, 0.15) is 5.78 Å². The van der Waals surface area contributed by atoms with Gasteiger partial charge in [0, 0.05) is 45.7 Å². The number of morpholine rings is 3. The van der Waals surface area contributed by atoms with E-state index in [4.69, 9.17) is 24.1 Å². The first-order valence-electron chi connectivity index (χ1n) is 16.8. The van der Waals surface area contributed by atoms with Crippen molar-refractivity contribution in [3.63, 3.8) is 0 Å². The van der Waals surface area contributed by atoms with Crippen molar-refractivity contribution in [2.45, 2.75) is 48.0 Å². The second-order valence-corrected chi connectivity index (χ2v) is 12.3. The quantitative estimate of drug-likeness (QED) is 0.211. The zero-order valence-corrected chi connectivity index (χ0v) is 28.8.